The molecule has 0 fully saturated rings. The maximum atomic E-state index is 11.8. The quantitative estimate of drug-likeness (QED) is 0.751. The monoisotopic (exact) mass is 308 g/mol. The van der Waals surface area contributed by atoms with Gasteiger partial charge in [-0.15, -0.1) is 0 Å². The summed E-state index contributed by atoms with van der Waals surface area (Å²) in [5.41, 5.74) is 1.73. The normalized spacial score (nSPS) is 10.3. The Labute approximate surface area is 133 Å². The molecular weight excluding hydrogens is 292 g/mol. The first-order valence-corrected chi connectivity index (χ1v) is 7.16. The van der Waals surface area contributed by atoms with Crippen LogP contribution in [0.5, 0.6) is 0 Å². The van der Waals surface area contributed by atoms with Crippen LogP contribution in [0.25, 0.3) is 5.82 Å². The number of hydrogen-bond donors (Lipinski definition) is 2. The molecule has 0 bridgehead atoms. The van der Waals surface area contributed by atoms with Crippen molar-refractivity contribution in [2.75, 3.05) is 0 Å². The van der Waals surface area contributed by atoms with Crippen LogP contribution in [0.4, 0.5) is 4.79 Å². The number of aromatic nitrogens is 4. The van der Waals surface area contributed by atoms with Crippen LogP contribution in [0.15, 0.2) is 61.4 Å². The summed E-state index contributed by atoms with van der Waals surface area (Å²) in [6, 6.07) is 9.14. The zero-order valence-electron chi connectivity index (χ0n) is 12.4. The number of carbonyl (C=O) groups is 1. The first kappa shape index (κ1) is 14.7. The van der Waals surface area contributed by atoms with Crippen molar-refractivity contribution in [2.24, 2.45) is 0 Å². The number of hydrogen-bond acceptors (Lipinski definition) is 4. The fraction of sp³-hybridized carbons (Fsp3) is 0.125. The van der Waals surface area contributed by atoms with Crippen molar-refractivity contribution in [2.45, 2.75) is 13.1 Å². The number of carbonyl (C=O) groups excluding carboxylic acids is 1. The number of pyridine rings is 2. The number of nitrogens with one attached hydrogen (secondary N) is 2. The van der Waals surface area contributed by atoms with Crippen LogP contribution >= 0.6 is 0 Å². The van der Waals surface area contributed by atoms with Crippen LogP contribution in [0, 0.1) is 0 Å². The Balaban J connectivity index is 1.47. The Hall–Kier alpha value is -3.22. The molecule has 0 unspecified atom stereocenters. The minimum absolute atomic E-state index is 0.241. The van der Waals surface area contributed by atoms with Gasteiger partial charge in [0.1, 0.15) is 12.1 Å². The van der Waals surface area contributed by atoms with Gasteiger partial charge in [-0.1, -0.05) is 12.1 Å². The molecule has 3 aromatic heterocycles. The molecular formula is C16H16N6O. The molecule has 2 amide bonds. The summed E-state index contributed by atoms with van der Waals surface area (Å²) in [6.45, 7) is 0.801. The number of nitrogens with zero attached hydrogens (tertiary/aromatic N) is 4. The van der Waals surface area contributed by atoms with E-state index in [0.29, 0.717) is 13.1 Å². The van der Waals surface area contributed by atoms with Gasteiger partial charge >= 0.3 is 6.03 Å². The second-order valence-electron chi connectivity index (χ2n) is 4.85. The van der Waals surface area contributed by atoms with E-state index in [9.17, 15) is 4.79 Å². The predicted octanol–water partition coefficient (Wildman–Crippen LogP) is 1.66. The number of amides is 2. The summed E-state index contributed by atoms with van der Waals surface area (Å²) in [5, 5.41) is 5.54. The Morgan fingerprint density at radius 1 is 1.04 bits per heavy atom. The van der Waals surface area contributed by atoms with Gasteiger partial charge in [-0.25, -0.2) is 14.8 Å². The minimum atomic E-state index is -0.241. The van der Waals surface area contributed by atoms with E-state index in [1.165, 1.54) is 0 Å². The lowest BCUT2D eigenvalue weighted by atomic mass is 10.3. The van der Waals surface area contributed by atoms with Crippen molar-refractivity contribution in [3.63, 3.8) is 0 Å². The third-order valence-electron chi connectivity index (χ3n) is 3.19. The number of rotatable bonds is 5. The highest BCUT2D eigenvalue weighted by Gasteiger charge is 2.02. The fourth-order valence-electron chi connectivity index (χ4n) is 1.99. The molecule has 0 aliphatic carbocycles. The second kappa shape index (κ2) is 7.17. The highest BCUT2D eigenvalue weighted by molar-refractivity contribution is 5.73. The van der Waals surface area contributed by atoms with Crippen molar-refractivity contribution in [1.82, 2.24) is 30.2 Å². The van der Waals surface area contributed by atoms with Gasteiger partial charge in [-0.2, -0.15) is 0 Å². The summed E-state index contributed by atoms with van der Waals surface area (Å²) in [7, 11) is 0. The molecule has 116 valence electrons. The first-order valence-electron chi connectivity index (χ1n) is 7.16. The standard InChI is InChI=1S/C16H16N6O/c23-16(21-11-14-3-1-2-6-18-14)20-10-13-4-5-15(19-9-13)22-8-7-17-12-22/h1-9,12H,10-11H2,(H2,20,21,23). The van der Waals surface area contributed by atoms with Crippen molar-refractivity contribution < 1.29 is 4.79 Å². The van der Waals surface area contributed by atoms with Crippen LogP contribution in [-0.4, -0.2) is 25.6 Å². The molecule has 0 atom stereocenters. The van der Waals surface area contributed by atoms with E-state index in [-0.39, 0.29) is 6.03 Å². The minimum Gasteiger partial charge on any atom is -0.334 e. The summed E-state index contributed by atoms with van der Waals surface area (Å²) in [5.74, 6) is 0.783. The molecule has 0 aliphatic rings. The average Bonchev–Trinajstić information content (AvgIpc) is 3.14. The number of imidazole rings is 1. The highest BCUT2D eigenvalue weighted by atomic mass is 16.2. The van der Waals surface area contributed by atoms with Crippen LogP contribution < -0.4 is 10.6 Å². The van der Waals surface area contributed by atoms with E-state index in [2.05, 4.69) is 25.6 Å². The lowest BCUT2D eigenvalue weighted by Crippen LogP contribution is -2.34. The highest BCUT2D eigenvalue weighted by Crippen LogP contribution is 2.05. The van der Waals surface area contributed by atoms with Gasteiger partial charge in [0.15, 0.2) is 0 Å². The summed E-state index contributed by atoms with van der Waals surface area (Å²) < 4.78 is 1.82. The SMILES string of the molecule is O=C(NCc1ccc(-n2ccnc2)nc1)NCc1ccccn1. The predicted molar refractivity (Wildman–Crippen MR) is 84.7 cm³/mol. The zero-order valence-corrected chi connectivity index (χ0v) is 12.4. The van der Waals surface area contributed by atoms with Gasteiger partial charge in [-0.05, 0) is 23.8 Å². The third-order valence-corrected chi connectivity index (χ3v) is 3.19. The fourth-order valence-corrected chi connectivity index (χ4v) is 1.99. The Bertz CT molecular complexity index is 740. The Morgan fingerprint density at radius 2 is 1.96 bits per heavy atom. The van der Waals surface area contributed by atoms with E-state index in [1.54, 1.807) is 24.9 Å². The Morgan fingerprint density at radius 3 is 2.65 bits per heavy atom. The number of urea groups is 1. The summed E-state index contributed by atoms with van der Waals surface area (Å²) >= 11 is 0. The van der Waals surface area contributed by atoms with Crippen molar-refractivity contribution in [1.29, 1.82) is 0 Å². The summed E-state index contributed by atoms with van der Waals surface area (Å²) in [4.78, 5) is 24.2. The van der Waals surface area contributed by atoms with Gasteiger partial charge in [0, 0.05) is 31.3 Å². The van der Waals surface area contributed by atoms with Crippen LogP contribution in [-0.2, 0) is 13.1 Å². The zero-order chi connectivity index (χ0) is 15.9. The largest absolute Gasteiger partial charge is 0.334 e. The molecule has 3 rings (SSSR count). The van der Waals surface area contributed by atoms with E-state index in [1.807, 2.05) is 41.1 Å². The van der Waals surface area contributed by atoms with Crippen LogP contribution in [0.2, 0.25) is 0 Å². The van der Waals surface area contributed by atoms with E-state index in [4.69, 9.17) is 0 Å². The second-order valence-corrected chi connectivity index (χ2v) is 4.85. The van der Waals surface area contributed by atoms with Gasteiger partial charge in [0.2, 0.25) is 0 Å². The molecule has 0 spiro atoms. The molecule has 0 saturated carbocycles. The first-order chi connectivity index (χ1) is 11.3. The lowest BCUT2D eigenvalue weighted by Gasteiger charge is -2.08. The third kappa shape index (κ3) is 4.13. The molecule has 0 radical (unpaired) electrons. The molecule has 3 heterocycles. The molecule has 23 heavy (non-hydrogen) atoms. The van der Waals surface area contributed by atoms with E-state index >= 15 is 0 Å². The van der Waals surface area contributed by atoms with Gasteiger partial charge in [0.25, 0.3) is 0 Å². The van der Waals surface area contributed by atoms with Gasteiger partial charge in [0.05, 0.1) is 12.2 Å². The maximum absolute atomic E-state index is 11.8. The molecule has 2 N–H and O–H groups in total. The molecule has 0 saturated heterocycles. The van der Waals surface area contributed by atoms with Crippen LogP contribution in [0.3, 0.4) is 0 Å². The van der Waals surface area contributed by atoms with E-state index < -0.39 is 0 Å². The van der Waals surface area contributed by atoms with Crippen molar-refractivity contribution >= 4 is 6.03 Å². The molecule has 0 aromatic carbocycles. The lowest BCUT2D eigenvalue weighted by molar-refractivity contribution is 0.240. The van der Waals surface area contributed by atoms with Gasteiger partial charge < -0.3 is 10.6 Å². The molecule has 7 heteroatoms. The molecule has 0 aliphatic heterocycles. The molecule has 7 nitrogen and oxygen atoms in total. The maximum Gasteiger partial charge on any atom is 0.315 e. The summed E-state index contributed by atoms with van der Waals surface area (Å²) in [6.07, 6.45) is 8.64. The molecule has 3 aromatic rings. The van der Waals surface area contributed by atoms with Gasteiger partial charge in [-0.3, -0.25) is 9.55 Å². The average molecular weight is 308 g/mol. The smallest absolute Gasteiger partial charge is 0.315 e. The van der Waals surface area contributed by atoms with Crippen molar-refractivity contribution in [3.05, 3.63) is 72.7 Å². The van der Waals surface area contributed by atoms with E-state index in [0.717, 1.165) is 17.1 Å². The Kier molecular flexibility index (Phi) is 4.58. The van der Waals surface area contributed by atoms with Crippen molar-refractivity contribution in [3.8, 4) is 5.82 Å². The topological polar surface area (TPSA) is 84.7 Å². The van der Waals surface area contributed by atoms with Crippen LogP contribution in [0.1, 0.15) is 11.3 Å².